The molecule has 188 valence electrons. The summed E-state index contributed by atoms with van der Waals surface area (Å²) >= 11 is 0. The molecule has 0 radical (unpaired) electrons. The number of aromatic nitrogens is 1. The lowest BCUT2D eigenvalue weighted by Crippen LogP contribution is -2.40. The molecular weight excluding hydrogens is 464 g/mol. The average molecular weight is 501 g/mol. The molecule has 36 heavy (non-hydrogen) atoms. The first-order valence-corrected chi connectivity index (χ1v) is 14.6. The van der Waals surface area contributed by atoms with Crippen molar-refractivity contribution in [2.75, 3.05) is 13.1 Å². The van der Waals surface area contributed by atoms with Crippen LogP contribution in [0.2, 0.25) is 0 Å². The fraction of sp³-hybridized carbons (Fsp3) is 0.355. The summed E-state index contributed by atoms with van der Waals surface area (Å²) in [6.45, 7) is 6.43. The summed E-state index contributed by atoms with van der Waals surface area (Å²) in [6, 6.07) is 24.5. The number of aryl methyl sites for hydroxylation is 3. The molecule has 0 bridgehead atoms. The fourth-order valence-corrected chi connectivity index (χ4v) is 7.02. The molecule has 1 atom stereocenters. The van der Waals surface area contributed by atoms with Crippen molar-refractivity contribution in [1.82, 2.24) is 8.87 Å². The van der Waals surface area contributed by atoms with Gasteiger partial charge < -0.3 is 4.90 Å². The van der Waals surface area contributed by atoms with Gasteiger partial charge >= 0.3 is 0 Å². The van der Waals surface area contributed by atoms with Gasteiger partial charge in [-0.15, -0.1) is 0 Å². The van der Waals surface area contributed by atoms with Gasteiger partial charge in [0.05, 0.1) is 10.4 Å². The highest BCUT2D eigenvalue weighted by Crippen LogP contribution is 2.33. The second-order valence-electron chi connectivity index (χ2n) is 10.1. The van der Waals surface area contributed by atoms with Gasteiger partial charge in [0, 0.05) is 17.6 Å². The van der Waals surface area contributed by atoms with Gasteiger partial charge in [0.2, 0.25) is 0 Å². The van der Waals surface area contributed by atoms with Crippen molar-refractivity contribution in [3.05, 3.63) is 101 Å². The van der Waals surface area contributed by atoms with Crippen molar-refractivity contribution in [3.8, 4) is 0 Å². The molecule has 1 aromatic heterocycles. The summed E-state index contributed by atoms with van der Waals surface area (Å²) in [5.74, 6) is 0. The van der Waals surface area contributed by atoms with Gasteiger partial charge in [-0.3, -0.25) is 0 Å². The van der Waals surface area contributed by atoms with Gasteiger partial charge in [-0.05, 0) is 99.5 Å². The van der Waals surface area contributed by atoms with Gasteiger partial charge in [-0.2, -0.15) is 0 Å². The van der Waals surface area contributed by atoms with Crippen molar-refractivity contribution in [1.29, 1.82) is 0 Å². The van der Waals surface area contributed by atoms with E-state index in [1.807, 2.05) is 31.2 Å². The van der Waals surface area contributed by atoms with Crippen molar-refractivity contribution < 1.29 is 8.42 Å². The Balaban J connectivity index is 1.39. The van der Waals surface area contributed by atoms with Crippen LogP contribution in [0, 0.1) is 6.92 Å². The second-order valence-corrected chi connectivity index (χ2v) is 11.9. The van der Waals surface area contributed by atoms with Crippen LogP contribution >= 0.6 is 0 Å². The molecule has 4 aromatic rings. The smallest absolute Gasteiger partial charge is 0.268 e. The first-order chi connectivity index (χ1) is 17.5. The predicted molar refractivity (Wildman–Crippen MR) is 148 cm³/mol. The number of nitrogens with zero attached hydrogens (tertiary/aromatic N) is 2. The number of rotatable bonds is 9. The Labute approximate surface area is 215 Å². The van der Waals surface area contributed by atoms with Gasteiger partial charge in [0.25, 0.3) is 10.0 Å². The molecule has 0 spiro atoms. The van der Waals surface area contributed by atoms with E-state index in [0.29, 0.717) is 10.9 Å². The normalized spacial score (nSPS) is 15.9. The highest BCUT2D eigenvalue weighted by atomic mass is 32.2. The van der Waals surface area contributed by atoms with Gasteiger partial charge in [0.1, 0.15) is 0 Å². The molecule has 3 aromatic carbocycles. The molecule has 0 saturated carbocycles. The van der Waals surface area contributed by atoms with Crippen LogP contribution in [-0.4, -0.2) is 36.4 Å². The van der Waals surface area contributed by atoms with Gasteiger partial charge in [-0.25, -0.2) is 12.4 Å². The number of fused-ring (bicyclic) bond motifs is 3. The minimum Gasteiger partial charge on any atom is -0.300 e. The minimum atomic E-state index is -3.64. The van der Waals surface area contributed by atoms with Crippen LogP contribution in [-0.2, 0) is 29.3 Å². The van der Waals surface area contributed by atoms with E-state index >= 15 is 0 Å². The van der Waals surface area contributed by atoms with Gasteiger partial charge in [0.15, 0.2) is 0 Å². The molecule has 1 aliphatic carbocycles. The quantitative estimate of drug-likeness (QED) is 0.267. The fourth-order valence-electron chi connectivity index (χ4n) is 5.67. The van der Waals surface area contributed by atoms with Crippen LogP contribution in [0.25, 0.3) is 10.9 Å². The number of hydrogen-bond donors (Lipinski definition) is 0. The summed E-state index contributed by atoms with van der Waals surface area (Å²) in [5.41, 5.74) is 5.92. The third-order valence-electron chi connectivity index (χ3n) is 7.59. The zero-order chi connectivity index (χ0) is 25.1. The largest absolute Gasteiger partial charge is 0.300 e. The number of hydrogen-bond acceptors (Lipinski definition) is 3. The molecule has 0 N–H and O–H groups in total. The Kier molecular flexibility index (Phi) is 7.31. The molecule has 0 fully saturated rings. The topological polar surface area (TPSA) is 42.3 Å². The maximum Gasteiger partial charge on any atom is 0.268 e. The lowest BCUT2D eigenvalue weighted by Gasteiger charge is -2.35. The van der Waals surface area contributed by atoms with Crippen LogP contribution in [0.15, 0.2) is 83.9 Å². The molecule has 0 aliphatic heterocycles. The molecule has 5 rings (SSSR count). The molecule has 0 unspecified atom stereocenters. The summed E-state index contributed by atoms with van der Waals surface area (Å²) in [5, 5.41) is 1.08. The summed E-state index contributed by atoms with van der Waals surface area (Å²) in [7, 11) is -3.64. The van der Waals surface area contributed by atoms with Crippen LogP contribution in [0.5, 0.6) is 0 Å². The van der Waals surface area contributed by atoms with E-state index in [1.165, 1.54) is 20.7 Å². The highest BCUT2D eigenvalue weighted by molar-refractivity contribution is 7.90. The molecular formula is C31H36N2O2S. The molecule has 0 saturated heterocycles. The third kappa shape index (κ3) is 5.00. The maximum atomic E-state index is 13.4. The molecule has 1 heterocycles. The predicted octanol–water partition coefficient (Wildman–Crippen LogP) is 6.39. The van der Waals surface area contributed by atoms with Crippen molar-refractivity contribution in [2.45, 2.75) is 63.3 Å². The molecule has 4 nitrogen and oxygen atoms in total. The minimum absolute atomic E-state index is 0.328. The Morgan fingerprint density at radius 2 is 1.72 bits per heavy atom. The lowest BCUT2D eigenvalue weighted by molar-refractivity contribution is 0.178. The van der Waals surface area contributed by atoms with E-state index in [2.05, 4.69) is 48.2 Å². The van der Waals surface area contributed by atoms with Crippen LogP contribution in [0.1, 0.15) is 48.4 Å². The molecule has 5 heteroatoms. The first kappa shape index (κ1) is 24.8. The van der Waals surface area contributed by atoms with E-state index in [-0.39, 0.29) is 0 Å². The Hall–Kier alpha value is -2.89. The van der Waals surface area contributed by atoms with Crippen LogP contribution in [0.4, 0.5) is 0 Å². The summed E-state index contributed by atoms with van der Waals surface area (Å²) < 4.78 is 28.3. The second kappa shape index (κ2) is 10.6. The Morgan fingerprint density at radius 1 is 0.944 bits per heavy atom. The van der Waals surface area contributed by atoms with Crippen molar-refractivity contribution in [3.63, 3.8) is 0 Å². The monoisotopic (exact) mass is 500 g/mol. The highest BCUT2D eigenvalue weighted by Gasteiger charge is 2.27. The Morgan fingerprint density at radius 3 is 2.47 bits per heavy atom. The third-order valence-corrected chi connectivity index (χ3v) is 9.29. The van der Waals surface area contributed by atoms with Gasteiger partial charge in [-0.1, -0.05) is 61.0 Å². The molecule has 1 aliphatic rings. The number of benzene rings is 3. The van der Waals surface area contributed by atoms with Crippen molar-refractivity contribution in [2.24, 2.45) is 0 Å². The molecule has 0 amide bonds. The maximum absolute atomic E-state index is 13.4. The SMILES string of the molecule is CCCN(CCCc1ccccc1)[C@@H]1CCc2ccc3c(ccn3S(=O)(=O)c3ccc(C)cc3)c2C1. The summed E-state index contributed by atoms with van der Waals surface area (Å²) in [4.78, 5) is 3.00. The Bertz CT molecular complexity index is 1420. The van der Waals surface area contributed by atoms with E-state index in [0.717, 1.165) is 68.1 Å². The lowest BCUT2D eigenvalue weighted by atomic mass is 9.85. The van der Waals surface area contributed by atoms with Crippen molar-refractivity contribution >= 4 is 20.9 Å². The average Bonchev–Trinajstić information content (AvgIpc) is 3.35. The van der Waals surface area contributed by atoms with E-state index in [1.54, 1.807) is 18.3 Å². The zero-order valence-corrected chi connectivity index (χ0v) is 22.2. The zero-order valence-electron chi connectivity index (χ0n) is 21.4. The first-order valence-electron chi connectivity index (χ1n) is 13.2. The van der Waals surface area contributed by atoms with Crippen LogP contribution < -0.4 is 0 Å². The van der Waals surface area contributed by atoms with E-state index in [9.17, 15) is 8.42 Å². The van der Waals surface area contributed by atoms with E-state index < -0.39 is 10.0 Å². The van der Waals surface area contributed by atoms with E-state index in [4.69, 9.17) is 0 Å². The van der Waals surface area contributed by atoms with Crippen LogP contribution in [0.3, 0.4) is 0 Å². The standard InChI is InChI=1S/C31H36N2O2S/c1-3-20-32(21-7-10-25-8-5-4-6-9-25)27-15-13-26-14-18-31-29(30(26)23-27)19-22-33(31)36(34,35)28-16-11-24(2)12-17-28/h4-6,8-9,11-12,14,16-19,22,27H,3,7,10,13,15,20-21,23H2,1-2H3/t27-/m1/s1. The summed E-state index contributed by atoms with van der Waals surface area (Å²) in [6.07, 6.45) is 8.32.